The van der Waals surface area contributed by atoms with E-state index in [1.807, 2.05) is 34.5 Å². The first kappa shape index (κ1) is 15.9. The number of H-pyrrole nitrogens is 1. The van der Waals surface area contributed by atoms with Crippen molar-refractivity contribution in [3.05, 3.63) is 47.6 Å². The van der Waals surface area contributed by atoms with E-state index < -0.39 is 0 Å². The van der Waals surface area contributed by atoms with E-state index in [4.69, 9.17) is 12.2 Å². The number of anilines is 1. The molecule has 1 saturated heterocycles. The van der Waals surface area contributed by atoms with E-state index in [2.05, 4.69) is 33.7 Å². The van der Waals surface area contributed by atoms with Gasteiger partial charge in [0.1, 0.15) is 32.0 Å². The number of allylic oxidation sites excluding steroid dienone is 1. The van der Waals surface area contributed by atoms with Crippen molar-refractivity contribution in [3.8, 4) is 0 Å². The van der Waals surface area contributed by atoms with Crippen LogP contribution in [0, 0.1) is 11.7 Å². The van der Waals surface area contributed by atoms with E-state index in [-0.39, 0.29) is 0 Å². The number of quaternary nitrogens is 1. The van der Waals surface area contributed by atoms with Crippen molar-refractivity contribution in [2.75, 3.05) is 31.1 Å². The molecule has 6 nitrogen and oxygen atoms in total. The summed E-state index contributed by atoms with van der Waals surface area (Å²) >= 11 is 5.53. The van der Waals surface area contributed by atoms with Crippen LogP contribution in [0.3, 0.4) is 0 Å². The summed E-state index contributed by atoms with van der Waals surface area (Å²) < 4.78 is 4.76. The molecule has 1 aliphatic rings. The van der Waals surface area contributed by atoms with Crippen LogP contribution in [0.2, 0.25) is 0 Å². The van der Waals surface area contributed by atoms with Crippen LogP contribution < -0.4 is 14.8 Å². The first-order chi connectivity index (χ1) is 11.2. The van der Waals surface area contributed by atoms with Crippen LogP contribution in [0.25, 0.3) is 0 Å². The molecule has 0 aromatic carbocycles. The fraction of sp³-hybridized carbons (Fsp3) is 0.438. The van der Waals surface area contributed by atoms with Crippen LogP contribution in [-0.2, 0) is 13.2 Å². The maximum absolute atomic E-state index is 5.53. The summed E-state index contributed by atoms with van der Waals surface area (Å²) in [5.41, 5.74) is 0. The van der Waals surface area contributed by atoms with Gasteiger partial charge < -0.3 is 9.47 Å². The molecular formula is C16H24N6S+2. The van der Waals surface area contributed by atoms with Gasteiger partial charge in [-0.25, -0.2) is 4.98 Å². The zero-order valence-corrected chi connectivity index (χ0v) is 14.4. The number of hydrogen-bond donors (Lipinski definition) is 1. The van der Waals surface area contributed by atoms with Crippen LogP contribution in [0.4, 0.5) is 5.82 Å². The first-order valence-electron chi connectivity index (χ1n) is 7.99. The molecule has 0 radical (unpaired) electrons. The van der Waals surface area contributed by atoms with Crippen LogP contribution in [0.1, 0.15) is 5.82 Å². The highest BCUT2D eigenvalue weighted by atomic mass is 32.1. The van der Waals surface area contributed by atoms with Crippen molar-refractivity contribution in [1.82, 2.24) is 14.3 Å². The van der Waals surface area contributed by atoms with Gasteiger partial charge in [0, 0.05) is 12.6 Å². The number of aromatic amines is 1. The molecule has 1 aliphatic heterocycles. The number of piperazine rings is 1. The van der Waals surface area contributed by atoms with E-state index in [1.165, 1.54) is 10.7 Å². The third-order valence-corrected chi connectivity index (χ3v) is 4.73. The van der Waals surface area contributed by atoms with Crippen molar-refractivity contribution in [1.29, 1.82) is 0 Å². The monoisotopic (exact) mass is 332 g/mol. The largest absolute Gasteiger partial charge is 0.310 e. The minimum absolute atomic E-state index is 0.720. The Hall–Kier alpha value is -1.99. The molecule has 7 heteroatoms. The van der Waals surface area contributed by atoms with Gasteiger partial charge in [-0.1, -0.05) is 12.1 Å². The van der Waals surface area contributed by atoms with Gasteiger partial charge in [-0.05, 0) is 25.2 Å². The minimum Gasteiger partial charge on any atom is -0.310 e. The normalized spacial score (nSPS) is 15.8. The van der Waals surface area contributed by atoms with Crippen molar-refractivity contribution >= 4 is 18.0 Å². The maximum atomic E-state index is 5.53. The number of aryl methyl sites for hydroxylation is 1. The Morgan fingerprint density at radius 2 is 2.17 bits per heavy atom. The maximum Gasteiger partial charge on any atom is 0.274 e. The van der Waals surface area contributed by atoms with E-state index in [0.29, 0.717) is 0 Å². The Morgan fingerprint density at radius 3 is 2.83 bits per heavy atom. The second-order valence-corrected chi connectivity index (χ2v) is 6.24. The zero-order chi connectivity index (χ0) is 16.2. The number of aromatic nitrogens is 4. The van der Waals surface area contributed by atoms with E-state index >= 15 is 0 Å². The second kappa shape index (κ2) is 7.06. The Balaban J connectivity index is 1.62. The molecule has 0 atom stereocenters. The molecule has 2 aromatic rings. The molecule has 0 spiro atoms. The van der Waals surface area contributed by atoms with Gasteiger partial charge in [-0.15, -0.1) is 6.58 Å². The summed E-state index contributed by atoms with van der Waals surface area (Å²) in [5.74, 6) is 2.14. The highest BCUT2D eigenvalue weighted by Crippen LogP contribution is 2.05. The highest BCUT2D eigenvalue weighted by Gasteiger charge is 2.26. The zero-order valence-electron chi connectivity index (χ0n) is 13.5. The molecule has 0 unspecified atom stereocenters. The molecule has 2 N–H and O–H groups in total. The molecule has 122 valence electrons. The standard InChI is InChI=1S/C16H22N6S/c1-3-8-21-14(2)18-22(16(21)23)13-19-9-11-20(12-10-19)15-6-4-5-7-17-15/h3-7H,1,8-13H2,2H3/p+2. The Labute approximate surface area is 141 Å². The molecule has 0 amide bonds. The van der Waals surface area contributed by atoms with Gasteiger partial charge in [0.25, 0.3) is 5.82 Å². The van der Waals surface area contributed by atoms with E-state index in [0.717, 1.165) is 50.0 Å². The molecule has 3 heterocycles. The number of rotatable bonds is 5. The topological polar surface area (TPSA) is 44.6 Å². The van der Waals surface area contributed by atoms with Crippen LogP contribution in [0.15, 0.2) is 37.1 Å². The Kier molecular flexibility index (Phi) is 4.88. The molecule has 0 aliphatic carbocycles. The van der Waals surface area contributed by atoms with Crippen molar-refractivity contribution < 1.29 is 9.88 Å². The predicted molar refractivity (Wildman–Crippen MR) is 91.9 cm³/mol. The number of hydrogen-bond acceptors (Lipinski definition) is 3. The number of nitrogens with zero attached hydrogens (tertiary/aromatic N) is 4. The number of pyridine rings is 1. The lowest BCUT2D eigenvalue weighted by Gasteiger charge is -2.27. The fourth-order valence-electron chi connectivity index (χ4n) is 3.01. The predicted octanol–water partition coefficient (Wildman–Crippen LogP) is 0.0852. The molecule has 1 fully saturated rings. The third kappa shape index (κ3) is 3.51. The summed E-state index contributed by atoms with van der Waals surface area (Å²) in [4.78, 5) is 7.21. The highest BCUT2D eigenvalue weighted by molar-refractivity contribution is 7.71. The van der Waals surface area contributed by atoms with Gasteiger partial charge in [-0.3, -0.25) is 4.90 Å². The molecule has 0 bridgehead atoms. The van der Waals surface area contributed by atoms with E-state index in [1.54, 1.807) is 0 Å². The Morgan fingerprint density at radius 1 is 1.39 bits per heavy atom. The summed E-state index contributed by atoms with van der Waals surface area (Å²) in [6.45, 7) is 11.6. The molecule has 23 heavy (non-hydrogen) atoms. The smallest absolute Gasteiger partial charge is 0.274 e. The fourth-order valence-corrected chi connectivity index (χ4v) is 3.32. The molecular weight excluding hydrogens is 308 g/mol. The van der Waals surface area contributed by atoms with Crippen LogP contribution in [0.5, 0.6) is 0 Å². The van der Waals surface area contributed by atoms with E-state index in [9.17, 15) is 0 Å². The Bertz CT molecular complexity index is 712. The third-order valence-electron chi connectivity index (χ3n) is 4.30. The van der Waals surface area contributed by atoms with Crippen LogP contribution in [-0.4, -0.2) is 40.5 Å². The van der Waals surface area contributed by atoms with Crippen molar-refractivity contribution in [2.45, 2.75) is 20.1 Å². The van der Waals surface area contributed by atoms with Gasteiger partial charge in [0.15, 0.2) is 6.67 Å². The number of nitrogens with one attached hydrogen (secondary N) is 2. The van der Waals surface area contributed by atoms with Crippen LogP contribution >= 0.6 is 12.2 Å². The van der Waals surface area contributed by atoms with Crippen molar-refractivity contribution in [2.24, 2.45) is 0 Å². The van der Waals surface area contributed by atoms with Gasteiger partial charge in [-0.2, -0.15) is 9.78 Å². The van der Waals surface area contributed by atoms with Crippen molar-refractivity contribution in [3.63, 3.8) is 0 Å². The summed E-state index contributed by atoms with van der Waals surface area (Å²) in [7, 11) is 0. The average Bonchev–Trinajstić information content (AvgIpc) is 2.84. The summed E-state index contributed by atoms with van der Waals surface area (Å²) in [5, 5.41) is 4.59. The average molecular weight is 332 g/mol. The lowest BCUT2D eigenvalue weighted by molar-refractivity contribution is -0.924. The minimum atomic E-state index is 0.720. The summed E-state index contributed by atoms with van der Waals surface area (Å²) in [6.07, 6.45) is 3.83. The quantitative estimate of drug-likeness (QED) is 0.623. The van der Waals surface area contributed by atoms with Gasteiger partial charge in [0.2, 0.25) is 4.77 Å². The lowest BCUT2D eigenvalue weighted by atomic mass is 10.3. The second-order valence-electron chi connectivity index (χ2n) is 5.87. The van der Waals surface area contributed by atoms with Gasteiger partial charge in [0.05, 0.1) is 6.20 Å². The molecule has 0 saturated carbocycles. The molecule has 2 aromatic heterocycles. The molecule has 3 rings (SSSR count). The van der Waals surface area contributed by atoms with Gasteiger partial charge >= 0.3 is 0 Å². The lowest BCUT2D eigenvalue weighted by Crippen LogP contribution is -3.14. The SMILES string of the molecule is C=CCn1c(C)nn(C[NH+]2CCN(c3cccc[nH+]3)CC2)c1=S. The first-order valence-corrected chi connectivity index (χ1v) is 8.40. The summed E-state index contributed by atoms with van der Waals surface area (Å²) in [6, 6.07) is 6.20.